The average molecular weight is 730 g/mol. The lowest BCUT2D eigenvalue weighted by atomic mass is 9.96. The van der Waals surface area contributed by atoms with Crippen LogP contribution in [0.3, 0.4) is 0 Å². The summed E-state index contributed by atoms with van der Waals surface area (Å²) in [6.07, 6.45) is 0. The molecule has 2 heterocycles. The van der Waals surface area contributed by atoms with Crippen LogP contribution in [0.2, 0.25) is 0 Å². The summed E-state index contributed by atoms with van der Waals surface area (Å²) in [4.78, 5) is 2.32. The fourth-order valence-corrected chi connectivity index (χ4v) is 8.29. The maximum Gasteiger partial charge on any atom is 0.147 e. The molecule has 11 aromatic rings. The smallest absolute Gasteiger partial charge is 0.147 e. The number of benzene rings is 9. The van der Waals surface area contributed by atoms with Gasteiger partial charge in [-0.3, -0.25) is 0 Å². The monoisotopic (exact) mass is 729 g/mol. The molecule has 0 unspecified atom stereocenters. The molecule has 0 saturated heterocycles. The second-order valence-electron chi connectivity index (χ2n) is 14.5. The molecule has 9 aromatic carbocycles. The number of rotatable bonds is 7. The van der Waals surface area contributed by atoms with Crippen LogP contribution in [0.5, 0.6) is 0 Å². The second kappa shape index (κ2) is 13.6. The van der Waals surface area contributed by atoms with E-state index < -0.39 is 0 Å². The first-order valence-electron chi connectivity index (χ1n) is 19.3. The van der Waals surface area contributed by atoms with Crippen molar-refractivity contribution in [3.63, 3.8) is 0 Å². The van der Waals surface area contributed by atoms with E-state index in [4.69, 9.17) is 8.83 Å². The lowest BCUT2D eigenvalue weighted by Gasteiger charge is -2.26. The Balaban J connectivity index is 0.939. The normalized spacial score (nSPS) is 11.5. The number of fused-ring (bicyclic) bond motifs is 7. The molecule has 0 aliphatic heterocycles. The first-order valence-corrected chi connectivity index (χ1v) is 19.3. The maximum atomic E-state index is 6.47. The van der Waals surface area contributed by atoms with Crippen molar-refractivity contribution >= 4 is 60.9 Å². The third-order valence-corrected chi connectivity index (χ3v) is 11.1. The van der Waals surface area contributed by atoms with Gasteiger partial charge in [0.15, 0.2) is 0 Å². The van der Waals surface area contributed by atoms with Crippen LogP contribution in [0.25, 0.3) is 88.4 Å². The molecule has 0 aliphatic carbocycles. The summed E-state index contributed by atoms with van der Waals surface area (Å²) >= 11 is 0. The first-order chi connectivity index (χ1) is 28.2. The highest BCUT2D eigenvalue weighted by Crippen LogP contribution is 2.43. The molecule has 0 atom stereocenters. The Morgan fingerprint density at radius 2 is 0.702 bits per heavy atom. The van der Waals surface area contributed by atoms with Crippen molar-refractivity contribution in [3.05, 3.63) is 212 Å². The first kappa shape index (κ1) is 32.8. The minimum Gasteiger partial charge on any atom is -0.456 e. The zero-order chi connectivity index (χ0) is 37.7. The van der Waals surface area contributed by atoms with Gasteiger partial charge in [-0.05, 0) is 105 Å². The number of furan rings is 2. The minimum atomic E-state index is 0.828. The molecular formula is C54H35NO2. The summed E-state index contributed by atoms with van der Waals surface area (Å²) < 4.78 is 12.9. The van der Waals surface area contributed by atoms with E-state index in [2.05, 4.69) is 199 Å². The van der Waals surface area contributed by atoms with Crippen LogP contribution >= 0.6 is 0 Å². The van der Waals surface area contributed by atoms with E-state index in [1.807, 2.05) is 18.2 Å². The molecule has 0 spiro atoms. The Morgan fingerprint density at radius 3 is 1.26 bits per heavy atom. The highest BCUT2D eigenvalue weighted by Gasteiger charge is 2.19. The van der Waals surface area contributed by atoms with E-state index in [-0.39, 0.29) is 0 Å². The van der Waals surface area contributed by atoms with Gasteiger partial charge in [0.2, 0.25) is 0 Å². The van der Waals surface area contributed by atoms with E-state index in [0.717, 1.165) is 83.2 Å². The molecule has 0 fully saturated rings. The zero-order valence-electron chi connectivity index (χ0n) is 31.0. The summed E-state index contributed by atoms with van der Waals surface area (Å²) in [5.41, 5.74) is 16.1. The van der Waals surface area contributed by atoms with Crippen molar-refractivity contribution in [1.29, 1.82) is 0 Å². The molecule has 3 heteroatoms. The van der Waals surface area contributed by atoms with Gasteiger partial charge in [-0.1, -0.05) is 152 Å². The van der Waals surface area contributed by atoms with Gasteiger partial charge < -0.3 is 13.7 Å². The van der Waals surface area contributed by atoms with Crippen molar-refractivity contribution in [2.75, 3.05) is 4.90 Å². The molecule has 268 valence electrons. The molecule has 0 radical (unpaired) electrons. The molecule has 0 aliphatic rings. The van der Waals surface area contributed by atoms with E-state index in [0.29, 0.717) is 0 Å². The number of hydrogen-bond acceptors (Lipinski definition) is 3. The van der Waals surface area contributed by atoms with Gasteiger partial charge in [-0.2, -0.15) is 0 Å². The Kier molecular flexibility index (Phi) is 7.82. The Labute approximate surface area is 330 Å². The molecule has 2 aromatic heterocycles. The van der Waals surface area contributed by atoms with Crippen LogP contribution in [0.1, 0.15) is 0 Å². The Hall–Kier alpha value is -7.62. The molecule has 57 heavy (non-hydrogen) atoms. The van der Waals surface area contributed by atoms with E-state index >= 15 is 0 Å². The van der Waals surface area contributed by atoms with Crippen LogP contribution < -0.4 is 4.90 Å². The third-order valence-electron chi connectivity index (χ3n) is 11.1. The van der Waals surface area contributed by atoms with Crippen molar-refractivity contribution in [2.24, 2.45) is 0 Å². The van der Waals surface area contributed by atoms with Gasteiger partial charge in [-0.25, -0.2) is 0 Å². The largest absolute Gasteiger partial charge is 0.456 e. The van der Waals surface area contributed by atoms with E-state index in [1.165, 1.54) is 22.3 Å². The van der Waals surface area contributed by atoms with Gasteiger partial charge >= 0.3 is 0 Å². The Morgan fingerprint density at radius 1 is 0.263 bits per heavy atom. The number of nitrogens with zero attached hydrogens (tertiary/aromatic N) is 1. The van der Waals surface area contributed by atoms with Crippen LogP contribution in [-0.2, 0) is 0 Å². The fraction of sp³-hybridized carbons (Fsp3) is 0. The predicted molar refractivity (Wildman–Crippen MR) is 237 cm³/mol. The highest BCUT2D eigenvalue weighted by atomic mass is 16.3. The van der Waals surface area contributed by atoms with Crippen LogP contribution in [0, 0.1) is 0 Å². The molecule has 0 saturated carbocycles. The van der Waals surface area contributed by atoms with Gasteiger partial charge in [-0.15, -0.1) is 0 Å². The van der Waals surface area contributed by atoms with Gasteiger partial charge in [0.05, 0.1) is 5.39 Å². The van der Waals surface area contributed by atoms with E-state index in [1.54, 1.807) is 0 Å². The molecule has 11 rings (SSSR count). The van der Waals surface area contributed by atoms with Gasteiger partial charge in [0.25, 0.3) is 0 Å². The molecule has 3 nitrogen and oxygen atoms in total. The molecule has 0 N–H and O–H groups in total. The SMILES string of the molecule is c1ccc(-c2ccc(N(c3ccc(-c4ccccc4)cc3)c3ccc(-c4ccc(-c5cccc6oc7ccc8c9ccccc9oc8c7c56)cc4)cc3)cc2)cc1. The highest BCUT2D eigenvalue weighted by molar-refractivity contribution is 6.24. The zero-order valence-corrected chi connectivity index (χ0v) is 31.0. The fourth-order valence-electron chi connectivity index (χ4n) is 8.29. The van der Waals surface area contributed by atoms with E-state index in [9.17, 15) is 0 Å². The standard InChI is InChI=1S/C54H35NO2/c1-3-10-36(11-4-1)39-22-28-43(29-23-39)55(44-30-24-40(25-31-44)37-12-5-2-6-13-37)45-32-26-41(27-33-45)38-18-20-42(21-19-38)46-15-9-17-50-52(46)53-51(56-50)35-34-48-47-14-7-8-16-49(47)57-54(48)53/h1-35H. The Bertz CT molecular complexity index is 3100. The van der Waals surface area contributed by atoms with Crippen molar-refractivity contribution in [1.82, 2.24) is 0 Å². The average Bonchev–Trinajstić information content (AvgIpc) is 3.87. The summed E-state index contributed by atoms with van der Waals surface area (Å²) in [6, 6.07) is 75.1. The van der Waals surface area contributed by atoms with Crippen LogP contribution in [0.15, 0.2) is 221 Å². The summed E-state index contributed by atoms with van der Waals surface area (Å²) in [7, 11) is 0. The lowest BCUT2D eigenvalue weighted by Crippen LogP contribution is -2.09. The predicted octanol–water partition coefficient (Wildman–Crippen LogP) is 15.6. The molecular weight excluding hydrogens is 695 g/mol. The second-order valence-corrected chi connectivity index (χ2v) is 14.5. The van der Waals surface area contributed by atoms with Crippen LogP contribution in [-0.4, -0.2) is 0 Å². The van der Waals surface area contributed by atoms with Gasteiger partial charge in [0, 0.05) is 33.2 Å². The quantitative estimate of drug-likeness (QED) is 0.164. The minimum absolute atomic E-state index is 0.828. The van der Waals surface area contributed by atoms with Crippen molar-refractivity contribution in [2.45, 2.75) is 0 Å². The van der Waals surface area contributed by atoms with Crippen molar-refractivity contribution in [3.8, 4) is 44.5 Å². The third kappa shape index (κ3) is 5.76. The summed E-state index contributed by atoms with van der Waals surface area (Å²) in [6.45, 7) is 0. The maximum absolute atomic E-state index is 6.47. The number of para-hydroxylation sites is 1. The molecule has 0 amide bonds. The summed E-state index contributed by atoms with van der Waals surface area (Å²) in [5.74, 6) is 0. The topological polar surface area (TPSA) is 29.5 Å². The lowest BCUT2D eigenvalue weighted by molar-refractivity contribution is 0.663. The van der Waals surface area contributed by atoms with Crippen LogP contribution in [0.4, 0.5) is 17.1 Å². The summed E-state index contributed by atoms with van der Waals surface area (Å²) in [5, 5.41) is 4.30. The van der Waals surface area contributed by atoms with Gasteiger partial charge in [0.1, 0.15) is 22.3 Å². The number of hydrogen-bond donors (Lipinski definition) is 0. The molecule has 0 bridgehead atoms. The van der Waals surface area contributed by atoms with Crippen molar-refractivity contribution < 1.29 is 8.83 Å². The number of anilines is 3.